The first kappa shape index (κ1) is 72.0. The molecule has 4 aromatic rings. The van der Waals surface area contributed by atoms with Crippen LogP contribution in [0.15, 0.2) is 0 Å². The zero-order valence-electron chi connectivity index (χ0n) is 55.4. The van der Waals surface area contributed by atoms with Gasteiger partial charge in [-0.2, -0.15) is 0 Å². The Labute approximate surface area is 519 Å². The number of rotatable bonds is 50. The number of aromatic amines is 4. The Kier molecular flexibility index (Phi) is 36.6. The highest BCUT2D eigenvalue weighted by atomic mass is 16.2. The lowest BCUT2D eigenvalue weighted by molar-refractivity contribution is -0.121. The quantitative estimate of drug-likeness (QED) is 0.0202. The lowest BCUT2D eigenvalue weighted by Crippen LogP contribution is -2.26. The van der Waals surface area contributed by atoms with E-state index >= 15 is 0 Å². The number of carbonyl (C=O) groups is 2. The zero-order valence-corrected chi connectivity index (χ0v) is 55.4. The van der Waals surface area contributed by atoms with Gasteiger partial charge in [-0.25, -0.2) is 0 Å². The first-order valence-corrected chi connectivity index (χ1v) is 34.5. The molecule has 0 saturated heterocycles. The van der Waals surface area contributed by atoms with Crippen molar-refractivity contribution in [1.82, 2.24) is 73.1 Å². The van der Waals surface area contributed by atoms with Crippen molar-refractivity contribution in [2.75, 3.05) is 118 Å². The monoisotopic (exact) mass is 1190 g/mol. The Morgan fingerprint density at radius 3 is 0.953 bits per heavy atom. The van der Waals surface area contributed by atoms with E-state index in [2.05, 4.69) is 153 Å². The molecular weight excluding hydrogens is 1070 g/mol. The van der Waals surface area contributed by atoms with Crippen molar-refractivity contribution >= 4 is 36.1 Å². The maximum atomic E-state index is 13.5. The molecule has 1 aliphatic heterocycles. The van der Waals surface area contributed by atoms with Crippen molar-refractivity contribution in [2.45, 2.75) is 197 Å². The third kappa shape index (κ3) is 26.5. The van der Waals surface area contributed by atoms with Gasteiger partial charge >= 0.3 is 0 Å². The van der Waals surface area contributed by atoms with Crippen LogP contribution in [0.4, 0.5) is 0 Å². The predicted molar refractivity (Wildman–Crippen MR) is 364 cm³/mol. The molecule has 5 rings (SSSR count). The minimum atomic E-state index is 0.0779. The van der Waals surface area contributed by atoms with E-state index < -0.39 is 0 Å². The number of hydrogen-bond donors (Lipinski definition) is 14. The predicted octanol–water partition coefficient (Wildman–Crippen LogP) is 6.08. The van der Waals surface area contributed by atoms with Gasteiger partial charge in [0.1, 0.15) is 0 Å². The molecule has 0 fully saturated rings. The third-order valence-electron chi connectivity index (χ3n) is 17.3. The van der Waals surface area contributed by atoms with E-state index in [1.165, 1.54) is 99.3 Å². The molecular formula is C70H122N14O2. The molecule has 2 amide bonds. The normalized spacial score (nSPS) is 12.1. The summed E-state index contributed by atoms with van der Waals surface area (Å²) in [5.74, 6) is 0.156. The molecule has 0 atom stereocenters. The molecule has 0 radical (unpaired) electrons. The summed E-state index contributed by atoms with van der Waals surface area (Å²) in [6, 6.07) is 0. The molecule has 5 heterocycles. The second kappa shape index (κ2) is 43.8. The maximum Gasteiger partial charge on any atom is 0.220 e. The number of aromatic nitrogens is 4. The van der Waals surface area contributed by atoms with Gasteiger partial charge in [0.05, 0.1) is 0 Å². The highest BCUT2D eigenvalue weighted by Crippen LogP contribution is 2.24. The van der Waals surface area contributed by atoms with Gasteiger partial charge in [0.2, 0.25) is 11.8 Å². The molecule has 16 heteroatoms. The Morgan fingerprint density at radius 2 is 0.581 bits per heavy atom. The van der Waals surface area contributed by atoms with Crippen molar-refractivity contribution < 1.29 is 9.59 Å². The SMILES string of the molecule is CCNCCCCNCCCCNCCCCNCCCCNC(=O)CCc1c2[nH]c(c1C)C=c1[nH]c(c(C)c1CC)=Cc1[nH]c(c(C)c1CC)C=c1[nH]c(c(CCC(=O)NCCCCNCCCCNCCCCNCCCCNCC)c1C)=C2. The van der Waals surface area contributed by atoms with Crippen LogP contribution >= 0.6 is 0 Å². The number of fused-ring (bicyclic) bond motifs is 8. The summed E-state index contributed by atoms with van der Waals surface area (Å²) in [5.41, 5.74) is 13.9. The lowest BCUT2D eigenvalue weighted by atomic mass is 10.0. The molecule has 86 heavy (non-hydrogen) atoms. The Bertz CT molecular complexity index is 2760. The van der Waals surface area contributed by atoms with E-state index in [9.17, 15) is 9.59 Å². The smallest absolute Gasteiger partial charge is 0.220 e. The van der Waals surface area contributed by atoms with Gasteiger partial charge in [-0.3, -0.25) is 9.59 Å². The van der Waals surface area contributed by atoms with Gasteiger partial charge < -0.3 is 73.1 Å². The van der Waals surface area contributed by atoms with Crippen molar-refractivity contribution in [2.24, 2.45) is 0 Å². The first-order chi connectivity index (χ1) is 42.1. The summed E-state index contributed by atoms with van der Waals surface area (Å²) in [6.45, 7) is 36.2. The minimum absolute atomic E-state index is 0.0779. The highest BCUT2D eigenvalue weighted by Gasteiger charge is 2.18. The third-order valence-corrected chi connectivity index (χ3v) is 17.3. The van der Waals surface area contributed by atoms with Crippen molar-refractivity contribution in [3.05, 3.63) is 88.7 Å². The second-order valence-corrected chi connectivity index (χ2v) is 24.1. The molecule has 0 aliphatic carbocycles. The van der Waals surface area contributed by atoms with Crippen LogP contribution in [-0.2, 0) is 35.3 Å². The number of hydrogen-bond acceptors (Lipinski definition) is 10. The van der Waals surface area contributed by atoms with Crippen molar-refractivity contribution in [1.29, 1.82) is 0 Å². The van der Waals surface area contributed by atoms with Crippen LogP contribution < -0.4 is 74.6 Å². The maximum absolute atomic E-state index is 13.5. The number of H-pyrrole nitrogens is 4. The number of unbranched alkanes of at least 4 members (excludes halogenated alkanes) is 8. The van der Waals surface area contributed by atoms with E-state index in [0.717, 1.165) is 210 Å². The second-order valence-electron chi connectivity index (χ2n) is 24.1. The van der Waals surface area contributed by atoms with Gasteiger partial charge in [0.15, 0.2) is 0 Å². The summed E-state index contributed by atoms with van der Waals surface area (Å²) in [4.78, 5) is 42.3. The van der Waals surface area contributed by atoms with Crippen LogP contribution in [0.2, 0.25) is 0 Å². The summed E-state index contributed by atoms with van der Waals surface area (Å²) in [6.07, 6.45) is 31.4. The van der Waals surface area contributed by atoms with Crippen LogP contribution in [0, 0.1) is 27.7 Å². The van der Waals surface area contributed by atoms with E-state index in [4.69, 9.17) is 0 Å². The Hall–Kier alpha value is -4.78. The highest BCUT2D eigenvalue weighted by molar-refractivity contribution is 5.77. The van der Waals surface area contributed by atoms with Crippen LogP contribution in [0.5, 0.6) is 0 Å². The van der Waals surface area contributed by atoms with Gasteiger partial charge in [-0.05, 0) is 330 Å². The summed E-state index contributed by atoms with van der Waals surface area (Å²) in [7, 11) is 0. The molecule has 14 N–H and O–H groups in total. The molecule has 484 valence electrons. The Balaban J connectivity index is 1.11. The van der Waals surface area contributed by atoms with Crippen LogP contribution in [-0.4, -0.2) is 150 Å². The zero-order chi connectivity index (χ0) is 61.4. The molecule has 0 spiro atoms. The molecule has 8 bridgehead atoms. The number of carbonyl (C=O) groups excluding carboxylic acids is 2. The fraction of sp³-hybridized carbons (Fsp3) is 0.686. The summed E-state index contributed by atoms with van der Waals surface area (Å²) >= 11 is 0. The molecule has 0 saturated carbocycles. The topological polar surface area (TPSA) is 218 Å². The fourth-order valence-electron chi connectivity index (χ4n) is 11.9. The van der Waals surface area contributed by atoms with E-state index in [1.54, 1.807) is 0 Å². The van der Waals surface area contributed by atoms with Gasteiger partial charge in [0, 0.05) is 70.1 Å². The van der Waals surface area contributed by atoms with Gasteiger partial charge in [0.25, 0.3) is 0 Å². The molecule has 16 nitrogen and oxygen atoms in total. The van der Waals surface area contributed by atoms with Crippen LogP contribution in [0.25, 0.3) is 24.3 Å². The molecule has 0 unspecified atom stereocenters. The average molecular weight is 1190 g/mol. The van der Waals surface area contributed by atoms with Crippen LogP contribution in [0.3, 0.4) is 0 Å². The number of amides is 2. The fourth-order valence-corrected chi connectivity index (χ4v) is 11.9. The number of nitrogens with one attached hydrogen (secondary N) is 14. The van der Waals surface area contributed by atoms with E-state index in [-0.39, 0.29) is 11.8 Å². The van der Waals surface area contributed by atoms with Crippen LogP contribution in [0.1, 0.15) is 211 Å². The summed E-state index contributed by atoms with van der Waals surface area (Å²) < 4.78 is 0. The van der Waals surface area contributed by atoms with Gasteiger partial charge in [-0.15, -0.1) is 0 Å². The first-order valence-electron chi connectivity index (χ1n) is 34.5. The van der Waals surface area contributed by atoms with E-state index in [1.807, 2.05) is 0 Å². The van der Waals surface area contributed by atoms with Crippen molar-refractivity contribution in [3.63, 3.8) is 0 Å². The van der Waals surface area contributed by atoms with E-state index in [0.29, 0.717) is 38.8 Å². The van der Waals surface area contributed by atoms with Crippen molar-refractivity contribution in [3.8, 4) is 0 Å². The summed E-state index contributed by atoms with van der Waals surface area (Å²) in [5, 5.41) is 39.0. The largest absolute Gasteiger partial charge is 0.356 e. The standard InChI is InChI=1S/C70H122N14O2/c1-9-57-53(5)61-49-62-55(7)59(29-31-69(85)79-47-27-25-45-77-43-23-21-41-75-39-19-17-37-73-35-15-13-33-71-11-3)67(83-62)52-68-60(56(8)64(84-68)51-66-58(10-2)54(6)63(82-66)50-65(57)81-61)30-32-70(86)80-48-28-26-46-78-44-24-22-42-76-40-20-18-38-74-36-16-14-34-72-12-4/h49-52,71-78,81-84H,9-48H2,1-8H3,(H,79,85)(H,80,86). The Morgan fingerprint density at radius 1 is 0.302 bits per heavy atom. The minimum Gasteiger partial charge on any atom is -0.356 e. The molecule has 4 aromatic heterocycles. The average Bonchev–Trinajstić information content (AvgIpc) is 2.93. The molecule has 0 aromatic carbocycles. The molecule has 1 aliphatic rings. The lowest BCUT2D eigenvalue weighted by Gasteiger charge is -2.08. The van der Waals surface area contributed by atoms with Gasteiger partial charge in [-0.1, -0.05) is 27.7 Å².